The lowest BCUT2D eigenvalue weighted by Crippen LogP contribution is -2.48. The Hall–Kier alpha value is -3.14. The van der Waals surface area contributed by atoms with Crippen molar-refractivity contribution in [3.8, 4) is 11.5 Å². The molecule has 2 aromatic carbocycles. The molecule has 0 unspecified atom stereocenters. The standard InChI is InChI=1S/C34H40N2O2/c1-33(2)23-15-13-21(27(33)17-23)19-35-31(25-9-5-7-11-29(25)37)32(26-10-6-8-12-30(26)38)36-20-22-14-16-24-18-28(22)34(24,3)4/h5-14,19-20,23-24,27-28,31-32,37-38H,15-18H2,1-4H3/t23-,24-,27-,28-,31+,32+/m0/s1. The van der Waals surface area contributed by atoms with Crippen LogP contribution in [0.4, 0.5) is 0 Å². The molecule has 0 saturated heterocycles. The Bertz CT molecular complexity index is 1240. The molecule has 4 heteroatoms. The zero-order chi connectivity index (χ0) is 26.7. The van der Waals surface area contributed by atoms with Crippen LogP contribution in [0.1, 0.15) is 76.6 Å². The number of aliphatic imine (C=N–C) groups is 2. The molecule has 4 bridgehead atoms. The van der Waals surface area contributed by atoms with Crippen LogP contribution in [0, 0.1) is 34.5 Å². The Kier molecular flexibility index (Phi) is 6.13. The summed E-state index contributed by atoms with van der Waals surface area (Å²) in [5, 5.41) is 21.9. The van der Waals surface area contributed by atoms with Crippen LogP contribution in [-0.2, 0) is 0 Å². The average molecular weight is 509 g/mol. The molecular weight excluding hydrogens is 468 g/mol. The summed E-state index contributed by atoms with van der Waals surface area (Å²) < 4.78 is 0. The molecule has 2 N–H and O–H groups in total. The van der Waals surface area contributed by atoms with Gasteiger partial charge in [-0.1, -0.05) is 76.2 Å². The number of rotatable bonds is 7. The van der Waals surface area contributed by atoms with Gasteiger partial charge in [-0.25, -0.2) is 0 Å². The van der Waals surface area contributed by atoms with Crippen LogP contribution >= 0.6 is 0 Å². The van der Waals surface area contributed by atoms with Crippen LogP contribution < -0.4 is 0 Å². The molecular formula is C34H40N2O2. The van der Waals surface area contributed by atoms with Crippen LogP contribution in [0.3, 0.4) is 0 Å². The van der Waals surface area contributed by atoms with Gasteiger partial charge in [-0.15, -0.1) is 0 Å². The Morgan fingerprint density at radius 2 is 1.08 bits per heavy atom. The van der Waals surface area contributed by atoms with Gasteiger partial charge in [0.25, 0.3) is 0 Å². The first-order valence-electron chi connectivity index (χ1n) is 14.2. The number of fused-ring (bicyclic) bond motifs is 2. The molecule has 4 nitrogen and oxygen atoms in total. The summed E-state index contributed by atoms with van der Waals surface area (Å²) in [6.07, 6.45) is 13.4. The number of hydrogen-bond acceptors (Lipinski definition) is 4. The van der Waals surface area contributed by atoms with Crippen molar-refractivity contribution in [3.63, 3.8) is 0 Å². The molecule has 2 aromatic rings. The maximum Gasteiger partial charge on any atom is 0.121 e. The first-order chi connectivity index (χ1) is 18.2. The molecule has 0 aliphatic heterocycles. The summed E-state index contributed by atoms with van der Waals surface area (Å²) in [6.45, 7) is 9.47. The smallest absolute Gasteiger partial charge is 0.121 e. The minimum atomic E-state index is -0.478. The molecule has 8 rings (SSSR count). The number of allylic oxidation sites excluding steroid dienone is 4. The van der Waals surface area contributed by atoms with Gasteiger partial charge < -0.3 is 10.2 Å². The van der Waals surface area contributed by atoms with Gasteiger partial charge in [0, 0.05) is 23.6 Å². The highest BCUT2D eigenvalue weighted by molar-refractivity contribution is 5.82. The second kappa shape index (κ2) is 9.25. The van der Waals surface area contributed by atoms with Crippen LogP contribution in [0.25, 0.3) is 0 Å². The Balaban J connectivity index is 1.41. The fourth-order valence-corrected chi connectivity index (χ4v) is 7.56. The van der Waals surface area contributed by atoms with Crippen molar-refractivity contribution in [2.45, 2.75) is 65.5 Å². The predicted octanol–water partition coefficient (Wildman–Crippen LogP) is 8.01. The lowest BCUT2D eigenvalue weighted by atomic mass is 9.49. The zero-order valence-corrected chi connectivity index (χ0v) is 23.0. The molecule has 6 atom stereocenters. The van der Waals surface area contributed by atoms with Gasteiger partial charge >= 0.3 is 0 Å². The van der Waals surface area contributed by atoms with Crippen LogP contribution in [-0.4, -0.2) is 22.6 Å². The number of phenols is 2. The van der Waals surface area contributed by atoms with E-state index in [0.717, 1.165) is 35.8 Å². The number of hydrogen-bond donors (Lipinski definition) is 2. The lowest BCUT2D eigenvalue weighted by Gasteiger charge is -2.56. The van der Waals surface area contributed by atoms with Crippen molar-refractivity contribution in [1.29, 1.82) is 0 Å². The summed E-state index contributed by atoms with van der Waals surface area (Å²) in [4.78, 5) is 10.3. The van der Waals surface area contributed by atoms with Gasteiger partial charge in [-0.05, 0) is 83.5 Å². The summed E-state index contributed by atoms with van der Waals surface area (Å²) in [5.74, 6) is 2.96. The van der Waals surface area contributed by atoms with Gasteiger partial charge in [-0.2, -0.15) is 0 Å². The molecule has 6 aliphatic carbocycles. The van der Waals surface area contributed by atoms with E-state index in [2.05, 4.69) is 39.8 Å². The van der Waals surface area contributed by atoms with E-state index in [1.54, 1.807) is 12.1 Å². The summed E-state index contributed by atoms with van der Waals surface area (Å²) in [7, 11) is 0. The first-order valence-corrected chi connectivity index (χ1v) is 14.2. The summed E-state index contributed by atoms with van der Waals surface area (Å²) in [5.41, 5.74) is 4.62. The number of phenolic OH excluding ortho intramolecular Hbond substituents is 2. The normalized spacial score (nSPS) is 30.2. The van der Waals surface area contributed by atoms with Crippen molar-refractivity contribution in [2.24, 2.45) is 44.5 Å². The minimum Gasteiger partial charge on any atom is -0.508 e. The molecule has 0 spiro atoms. The van der Waals surface area contributed by atoms with E-state index in [1.807, 2.05) is 48.8 Å². The third-order valence-corrected chi connectivity index (χ3v) is 10.6. The first kappa shape index (κ1) is 25.2. The minimum absolute atomic E-state index is 0.201. The maximum atomic E-state index is 10.9. The van der Waals surface area contributed by atoms with Crippen molar-refractivity contribution in [2.75, 3.05) is 0 Å². The van der Waals surface area contributed by atoms with E-state index in [-0.39, 0.29) is 11.5 Å². The van der Waals surface area contributed by atoms with Crippen LogP contribution in [0.2, 0.25) is 0 Å². The third-order valence-electron chi connectivity index (χ3n) is 10.6. The topological polar surface area (TPSA) is 65.2 Å². The van der Waals surface area contributed by atoms with Crippen molar-refractivity contribution < 1.29 is 10.2 Å². The number of aromatic hydroxyl groups is 2. The van der Waals surface area contributed by atoms with Gasteiger partial charge in [0.2, 0.25) is 0 Å². The molecule has 0 heterocycles. The van der Waals surface area contributed by atoms with E-state index >= 15 is 0 Å². The SMILES string of the molecule is CC1(C)[C@H]2CC=C(C=N[C@H](c3ccccc3O)[C@H](N=CC3=CC[C@H]4C[C@@H]3C4(C)C)c3ccccc3O)[C@@H]1C2. The molecule has 0 radical (unpaired) electrons. The van der Waals surface area contributed by atoms with E-state index in [9.17, 15) is 10.2 Å². The molecule has 6 aliphatic rings. The number of para-hydroxylation sites is 2. The largest absolute Gasteiger partial charge is 0.508 e. The van der Waals surface area contributed by atoms with E-state index < -0.39 is 12.1 Å². The highest BCUT2D eigenvalue weighted by Gasteiger charge is 2.51. The number of nitrogens with zero attached hydrogens (tertiary/aromatic N) is 2. The predicted molar refractivity (Wildman–Crippen MR) is 155 cm³/mol. The Labute approximate surface area is 226 Å². The van der Waals surface area contributed by atoms with Crippen LogP contribution in [0.5, 0.6) is 11.5 Å². The summed E-state index contributed by atoms with van der Waals surface area (Å²) >= 11 is 0. The second-order valence-electron chi connectivity index (χ2n) is 13.1. The second-order valence-corrected chi connectivity index (χ2v) is 13.1. The Morgan fingerprint density at radius 1 is 0.684 bits per heavy atom. The van der Waals surface area contributed by atoms with E-state index in [0.29, 0.717) is 22.7 Å². The maximum absolute atomic E-state index is 10.9. The molecule has 2 fully saturated rings. The van der Waals surface area contributed by atoms with Crippen molar-refractivity contribution in [3.05, 3.63) is 83.0 Å². The fraction of sp³-hybridized carbons (Fsp3) is 0.471. The van der Waals surface area contributed by atoms with Crippen molar-refractivity contribution in [1.82, 2.24) is 0 Å². The lowest BCUT2D eigenvalue weighted by molar-refractivity contribution is -0.00133. The third kappa shape index (κ3) is 4.04. The highest BCUT2D eigenvalue weighted by atomic mass is 16.3. The Morgan fingerprint density at radius 3 is 1.42 bits per heavy atom. The fourth-order valence-electron chi connectivity index (χ4n) is 7.56. The molecule has 198 valence electrons. The summed E-state index contributed by atoms with van der Waals surface area (Å²) in [6, 6.07) is 13.9. The van der Waals surface area contributed by atoms with E-state index in [1.165, 1.54) is 24.0 Å². The highest BCUT2D eigenvalue weighted by Crippen LogP contribution is 2.60. The molecule has 38 heavy (non-hydrogen) atoms. The van der Waals surface area contributed by atoms with E-state index in [4.69, 9.17) is 9.98 Å². The molecule has 0 amide bonds. The van der Waals surface area contributed by atoms with Gasteiger partial charge in [0.1, 0.15) is 23.6 Å². The molecule has 0 aromatic heterocycles. The van der Waals surface area contributed by atoms with Crippen LogP contribution in [0.15, 0.2) is 81.8 Å². The molecule has 2 saturated carbocycles. The average Bonchev–Trinajstić information content (AvgIpc) is 2.91. The number of benzene rings is 2. The van der Waals surface area contributed by atoms with Gasteiger partial charge in [-0.3, -0.25) is 9.98 Å². The van der Waals surface area contributed by atoms with Gasteiger partial charge in [0.15, 0.2) is 0 Å². The quantitative estimate of drug-likeness (QED) is 0.372. The van der Waals surface area contributed by atoms with Gasteiger partial charge in [0.05, 0.1) is 0 Å². The zero-order valence-electron chi connectivity index (χ0n) is 23.0. The van der Waals surface area contributed by atoms with Crippen molar-refractivity contribution >= 4 is 12.4 Å². The monoisotopic (exact) mass is 508 g/mol.